The highest BCUT2D eigenvalue weighted by molar-refractivity contribution is 9.10. The molecule has 0 N–H and O–H groups in total. The van der Waals surface area contributed by atoms with Gasteiger partial charge in [0.25, 0.3) is 10.0 Å². The first-order valence-electron chi connectivity index (χ1n) is 7.72. The predicted molar refractivity (Wildman–Crippen MR) is 106 cm³/mol. The van der Waals surface area contributed by atoms with E-state index in [1.165, 1.54) is 23.1 Å². The second-order valence-electron chi connectivity index (χ2n) is 5.32. The van der Waals surface area contributed by atoms with Gasteiger partial charge in [0.2, 0.25) is 0 Å². The first-order valence-corrected chi connectivity index (χ1v) is 9.96. The molecule has 0 aromatic heterocycles. The molecule has 1 aromatic rings. The molecule has 7 heteroatoms. The maximum atomic E-state index is 12.8. The van der Waals surface area contributed by atoms with Crippen LogP contribution in [-0.4, -0.2) is 32.1 Å². The van der Waals surface area contributed by atoms with Crippen LogP contribution in [0.5, 0.6) is 0 Å². The van der Waals surface area contributed by atoms with E-state index < -0.39 is 10.0 Å². The molecule has 0 bridgehead atoms. The lowest BCUT2D eigenvalue weighted by atomic mass is 10.1. The van der Waals surface area contributed by atoms with Gasteiger partial charge in [-0.05, 0) is 36.2 Å². The fourth-order valence-electron chi connectivity index (χ4n) is 2.25. The summed E-state index contributed by atoms with van der Waals surface area (Å²) >= 11 is 3.26. The van der Waals surface area contributed by atoms with E-state index in [9.17, 15) is 13.5 Å². The summed E-state index contributed by atoms with van der Waals surface area (Å²) in [5, 5.41) is 12.8. The van der Waals surface area contributed by atoms with Gasteiger partial charge in [0, 0.05) is 23.1 Å². The van der Waals surface area contributed by atoms with Crippen LogP contribution in [-0.2, 0) is 10.0 Å². The van der Waals surface area contributed by atoms with Crippen LogP contribution in [0.2, 0.25) is 0 Å². The summed E-state index contributed by atoms with van der Waals surface area (Å²) in [5.41, 5.74) is 0.301. The molecule has 0 fully saturated rings. The summed E-state index contributed by atoms with van der Waals surface area (Å²) in [6, 6.07) is 6.15. The van der Waals surface area contributed by atoms with Crippen molar-refractivity contribution >= 4 is 31.7 Å². The number of rotatable bonds is 7. The lowest BCUT2D eigenvalue weighted by molar-refractivity contribution is -0.332. The van der Waals surface area contributed by atoms with Crippen LogP contribution in [0, 0.1) is 0 Å². The quantitative estimate of drug-likeness (QED) is 0.489. The standard InChI is InChI=1S/C19H19BrN2O3S/c1-3-13-22(14-4-2)19(23)17-7-5-6-8-18(17)21-26(24,25)16-11-9-15(20)10-12-16/h3-12,23H,1-2,13-14H2/p-1. The van der Waals surface area contributed by atoms with E-state index >= 15 is 0 Å². The highest BCUT2D eigenvalue weighted by atomic mass is 79.9. The van der Waals surface area contributed by atoms with E-state index in [-0.39, 0.29) is 22.1 Å². The monoisotopic (exact) mass is 433 g/mol. The van der Waals surface area contributed by atoms with Crippen molar-refractivity contribution in [2.24, 2.45) is 4.40 Å². The topological polar surface area (TPSA) is 72.8 Å². The minimum absolute atomic E-state index is 0.0528. The molecule has 0 saturated carbocycles. The van der Waals surface area contributed by atoms with E-state index in [4.69, 9.17) is 0 Å². The largest absolute Gasteiger partial charge is 0.860 e. The van der Waals surface area contributed by atoms with Crippen molar-refractivity contribution in [3.8, 4) is 0 Å². The molecule has 1 aromatic carbocycles. The smallest absolute Gasteiger partial charge is 0.282 e. The number of sulfonamides is 1. The lowest BCUT2D eigenvalue weighted by Gasteiger charge is -2.31. The zero-order valence-corrected chi connectivity index (χ0v) is 16.4. The molecule has 0 heterocycles. The van der Waals surface area contributed by atoms with Gasteiger partial charge in [0.15, 0.2) is 0 Å². The molecule has 2 rings (SSSR count). The van der Waals surface area contributed by atoms with Crippen molar-refractivity contribution in [3.05, 3.63) is 89.8 Å². The SMILES string of the molecule is C=CCN(CC=C)C([O-])=C1C=CC=CC1=NS(=O)(=O)c1ccc(Br)cc1. The third kappa shape index (κ3) is 4.83. The third-order valence-corrected chi connectivity index (χ3v) is 5.28. The number of hydrogen-bond acceptors (Lipinski definition) is 4. The van der Waals surface area contributed by atoms with Crippen LogP contribution in [0.15, 0.2) is 99.1 Å². The second kappa shape index (κ2) is 8.82. The van der Waals surface area contributed by atoms with E-state index in [2.05, 4.69) is 33.5 Å². The molecule has 0 saturated heterocycles. The molecule has 0 unspecified atom stereocenters. The number of allylic oxidation sites excluding steroid dienone is 5. The van der Waals surface area contributed by atoms with Gasteiger partial charge in [0.05, 0.1) is 10.6 Å². The molecule has 26 heavy (non-hydrogen) atoms. The Hall–Kier alpha value is -2.38. The van der Waals surface area contributed by atoms with Crippen molar-refractivity contribution in [2.75, 3.05) is 13.1 Å². The Labute approximate surface area is 162 Å². The molecule has 0 radical (unpaired) electrons. The van der Waals surface area contributed by atoms with Crippen LogP contribution in [0.25, 0.3) is 0 Å². The Kier molecular flexibility index (Phi) is 6.76. The van der Waals surface area contributed by atoms with E-state index in [1.807, 2.05) is 0 Å². The van der Waals surface area contributed by atoms with Crippen LogP contribution < -0.4 is 5.11 Å². The summed E-state index contributed by atoms with van der Waals surface area (Å²) in [6.07, 6.45) is 9.55. The van der Waals surface area contributed by atoms with Gasteiger partial charge < -0.3 is 10.0 Å². The average Bonchev–Trinajstić information content (AvgIpc) is 2.61. The van der Waals surface area contributed by atoms with Crippen molar-refractivity contribution in [3.63, 3.8) is 0 Å². The van der Waals surface area contributed by atoms with Gasteiger partial charge in [-0.2, -0.15) is 12.8 Å². The van der Waals surface area contributed by atoms with E-state index in [0.29, 0.717) is 13.1 Å². The Balaban J connectivity index is 2.49. The molecule has 5 nitrogen and oxygen atoms in total. The first-order chi connectivity index (χ1) is 12.4. The zero-order valence-electron chi connectivity index (χ0n) is 14.0. The lowest BCUT2D eigenvalue weighted by Crippen LogP contribution is -2.33. The van der Waals surface area contributed by atoms with Gasteiger partial charge >= 0.3 is 0 Å². The van der Waals surface area contributed by atoms with Crippen LogP contribution in [0.4, 0.5) is 0 Å². The summed E-state index contributed by atoms with van der Waals surface area (Å²) in [6.45, 7) is 7.91. The summed E-state index contributed by atoms with van der Waals surface area (Å²) in [5.74, 6) is -0.338. The normalized spacial score (nSPS) is 17.2. The fourth-order valence-corrected chi connectivity index (χ4v) is 3.51. The second-order valence-corrected chi connectivity index (χ2v) is 7.84. The number of halogens is 1. The van der Waals surface area contributed by atoms with Gasteiger partial charge in [-0.15, -0.1) is 13.2 Å². The summed E-state index contributed by atoms with van der Waals surface area (Å²) in [7, 11) is -3.94. The summed E-state index contributed by atoms with van der Waals surface area (Å²) < 4.78 is 29.8. The van der Waals surface area contributed by atoms with Gasteiger partial charge in [0.1, 0.15) is 0 Å². The zero-order chi connectivity index (χ0) is 19.2. The van der Waals surface area contributed by atoms with Crippen LogP contribution >= 0.6 is 15.9 Å². The number of nitrogens with zero attached hydrogens (tertiary/aromatic N) is 2. The predicted octanol–water partition coefficient (Wildman–Crippen LogP) is 2.95. The van der Waals surface area contributed by atoms with Gasteiger partial charge in [-0.25, -0.2) is 0 Å². The Bertz CT molecular complexity index is 901. The molecule has 136 valence electrons. The van der Waals surface area contributed by atoms with Gasteiger partial charge in [-0.1, -0.05) is 46.3 Å². The van der Waals surface area contributed by atoms with Crippen LogP contribution in [0.1, 0.15) is 0 Å². The number of hydrogen-bond donors (Lipinski definition) is 0. The average molecular weight is 434 g/mol. The first kappa shape index (κ1) is 19.9. The molecule has 0 amide bonds. The van der Waals surface area contributed by atoms with Crippen molar-refractivity contribution in [1.82, 2.24) is 4.90 Å². The fraction of sp³-hybridized carbons (Fsp3) is 0.105. The Morgan fingerprint density at radius 1 is 1.12 bits per heavy atom. The molecule has 1 aliphatic rings. The third-order valence-electron chi connectivity index (χ3n) is 3.45. The summed E-state index contributed by atoms with van der Waals surface area (Å²) in [4.78, 5) is 1.55. The maximum absolute atomic E-state index is 12.8. The maximum Gasteiger partial charge on any atom is 0.282 e. The van der Waals surface area contributed by atoms with Crippen molar-refractivity contribution < 1.29 is 13.5 Å². The molecule has 0 aliphatic heterocycles. The highest BCUT2D eigenvalue weighted by Crippen LogP contribution is 2.20. The van der Waals surface area contributed by atoms with Gasteiger partial charge in [-0.3, -0.25) is 0 Å². The highest BCUT2D eigenvalue weighted by Gasteiger charge is 2.17. The van der Waals surface area contributed by atoms with Crippen LogP contribution in [0.3, 0.4) is 0 Å². The molecule has 0 atom stereocenters. The van der Waals surface area contributed by atoms with E-state index in [0.717, 1.165) is 4.47 Å². The molecular formula is C19H18BrN2O3S-. The molecular weight excluding hydrogens is 416 g/mol. The minimum atomic E-state index is -3.94. The Morgan fingerprint density at radius 2 is 1.69 bits per heavy atom. The van der Waals surface area contributed by atoms with Crippen molar-refractivity contribution in [1.29, 1.82) is 0 Å². The minimum Gasteiger partial charge on any atom is -0.860 e. The van der Waals surface area contributed by atoms with E-state index in [1.54, 1.807) is 42.5 Å². The molecule has 0 spiro atoms. The number of benzene rings is 1. The molecule has 1 aliphatic carbocycles. The van der Waals surface area contributed by atoms with Crippen molar-refractivity contribution in [2.45, 2.75) is 4.90 Å². The Morgan fingerprint density at radius 3 is 2.27 bits per heavy atom.